The van der Waals surface area contributed by atoms with Crippen LogP contribution in [0.2, 0.25) is 0 Å². The number of hydrogen-bond donors (Lipinski definition) is 1. The Morgan fingerprint density at radius 3 is 2.20 bits per heavy atom. The number of hydrogen-bond acceptors (Lipinski definition) is 5. The summed E-state index contributed by atoms with van der Waals surface area (Å²) < 4.78 is 11.0. The molecule has 0 bridgehead atoms. The minimum Gasteiger partial charge on any atom is -0.457 e. The molecule has 0 aliphatic rings. The molecular formula is C24H21NO5. The molecule has 0 spiro atoms. The van der Waals surface area contributed by atoms with Crippen LogP contribution >= 0.6 is 0 Å². The zero-order valence-corrected chi connectivity index (χ0v) is 16.6. The number of benzene rings is 3. The molecule has 1 amide bonds. The number of nitrogens with one attached hydrogen (secondary N) is 1. The fraction of sp³-hybridized carbons (Fsp3) is 0.125. The molecule has 0 radical (unpaired) electrons. The van der Waals surface area contributed by atoms with Crippen LogP contribution in [-0.2, 0) is 9.53 Å². The van der Waals surface area contributed by atoms with E-state index in [2.05, 4.69) is 5.32 Å². The van der Waals surface area contributed by atoms with Gasteiger partial charge in [0.2, 0.25) is 0 Å². The Balaban J connectivity index is 1.62. The van der Waals surface area contributed by atoms with Crippen LogP contribution in [-0.4, -0.2) is 23.8 Å². The van der Waals surface area contributed by atoms with Crippen LogP contribution in [0.4, 0.5) is 5.69 Å². The molecule has 6 nitrogen and oxygen atoms in total. The Hall–Kier alpha value is -3.93. The lowest BCUT2D eigenvalue weighted by molar-refractivity contribution is -0.123. The summed E-state index contributed by atoms with van der Waals surface area (Å²) in [5.74, 6) is -0.130. The van der Waals surface area contributed by atoms with Gasteiger partial charge in [0.05, 0.1) is 5.56 Å². The zero-order chi connectivity index (χ0) is 21.5. The van der Waals surface area contributed by atoms with Crippen molar-refractivity contribution < 1.29 is 23.9 Å². The molecule has 0 unspecified atom stereocenters. The number of Topliss-reactive ketones (excluding diaryl/α,β-unsaturated/α-hetero) is 1. The summed E-state index contributed by atoms with van der Waals surface area (Å²) in [5, 5.41) is 2.64. The summed E-state index contributed by atoms with van der Waals surface area (Å²) in [7, 11) is 0. The molecule has 3 aromatic rings. The van der Waals surface area contributed by atoms with Gasteiger partial charge in [-0.3, -0.25) is 9.59 Å². The smallest absolute Gasteiger partial charge is 0.339 e. The lowest BCUT2D eigenvalue weighted by Gasteiger charge is -2.14. The van der Waals surface area contributed by atoms with Gasteiger partial charge in [-0.25, -0.2) is 4.79 Å². The Morgan fingerprint density at radius 1 is 0.800 bits per heavy atom. The van der Waals surface area contributed by atoms with Crippen LogP contribution in [0.25, 0.3) is 0 Å². The van der Waals surface area contributed by atoms with E-state index in [0.717, 1.165) is 0 Å². The summed E-state index contributed by atoms with van der Waals surface area (Å²) in [4.78, 5) is 36.3. The summed E-state index contributed by atoms with van der Waals surface area (Å²) in [6.07, 6.45) is -1.03. The molecule has 3 aromatic carbocycles. The van der Waals surface area contributed by atoms with Crippen molar-refractivity contribution in [3.63, 3.8) is 0 Å². The van der Waals surface area contributed by atoms with Crippen LogP contribution in [0.1, 0.15) is 34.6 Å². The van der Waals surface area contributed by atoms with E-state index < -0.39 is 18.0 Å². The van der Waals surface area contributed by atoms with Crippen LogP contribution in [0.5, 0.6) is 11.5 Å². The Kier molecular flexibility index (Phi) is 6.60. The topological polar surface area (TPSA) is 81.7 Å². The van der Waals surface area contributed by atoms with Gasteiger partial charge in [0, 0.05) is 11.3 Å². The third kappa shape index (κ3) is 5.54. The van der Waals surface area contributed by atoms with E-state index in [4.69, 9.17) is 9.47 Å². The summed E-state index contributed by atoms with van der Waals surface area (Å²) in [5.41, 5.74) is 1.20. The predicted octanol–water partition coefficient (Wildman–Crippen LogP) is 4.87. The number of carbonyl (C=O) groups is 3. The molecule has 0 saturated carbocycles. The van der Waals surface area contributed by atoms with Gasteiger partial charge < -0.3 is 14.8 Å². The summed E-state index contributed by atoms with van der Waals surface area (Å²) in [6.45, 7) is 2.92. The number of anilines is 1. The Morgan fingerprint density at radius 2 is 1.47 bits per heavy atom. The fourth-order valence-corrected chi connectivity index (χ4v) is 2.65. The van der Waals surface area contributed by atoms with Gasteiger partial charge in [-0.15, -0.1) is 0 Å². The molecule has 0 aliphatic heterocycles. The molecule has 1 atom stereocenters. The zero-order valence-electron chi connectivity index (χ0n) is 16.6. The normalized spacial score (nSPS) is 11.3. The van der Waals surface area contributed by atoms with Gasteiger partial charge in [-0.2, -0.15) is 0 Å². The van der Waals surface area contributed by atoms with Crippen LogP contribution in [0, 0.1) is 0 Å². The van der Waals surface area contributed by atoms with Crippen molar-refractivity contribution in [1.29, 1.82) is 0 Å². The van der Waals surface area contributed by atoms with Crippen LogP contribution in [0.15, 0.2) is 78.9 Å². The fourth-order valence-electron chi connectivity index (χ4n) is 2.65. The molecule has 0 aromatic heterocycles. The van der Waals surface area contributed by atoms with Crippen LogP contribution < -0.4 is 10.1 Å². The SMILES string of the molecule is CC(=O)c1cccc(NC(=O)[C@@H](C)OC(=O)c2cccc(Oc3ccccc3)c2)c1. The van der Waals surface area contributed by atoms with Crippen molar-refractivity contribution >= 4 is 23.3 Å². The van der Waals surface area contributed by atoms with Gasteiger partial charge in [-0.1, -0.05) is 36.4 Å². The molecule has 152 valence electrons. The van der Waals surface area contributed by atoms with Crippen molar-refractivity contribution in [2.75, 3.05) is 5.32 Å². The standard InChI is InChI=1S/C24H21NO5/c1-16(26)18-8-6-10-20(14-18)25-23(27)17(2)29-24(28)19-9-7-13-22(15-19)30-21-11-4-3-5-12-21/h3-15,17H,1-2H3,(H,25,27)/t17-/m1/s1. The number of amides is 1. The average Bonchev–Trinajstić information content (AvgIpc) is 2.74. The monoisotopic (exact) mass is 403 g/mol. The second-order valence-corrected chi connectivity index (χ2v) is 6.62. The maximum Gasteiger partial charge on any atom is 0.339 e. The average molecular weight is 403 g/mol. The second kappa shape index (κ2) is 9.52. The van der Waals surface area contributed by atoms with E-state index in [0.29, 0.717) is 22.7 Å². The van der Waals surface area contributed by atoms with Crippen molar-refractivity contribution in [3.05, 3.63) is 90.0 Å². The number of ether oxygens (including phenoxy) is 2. The molecule has 0 heterocycles. The molecule has 0 aliphatic carbocycles. The highest BCUT2D eigenvalue weighted by molar-refractivity contribution is 5.99. The molecule has 1 N–H and O–H groups in total. The van der Waals surface area contributed by atoms with Gasteiger partial charge in [0.1, 0.15) is 11.5 Å². The first-order valence-electron chi connectivity index (χ1n) is 9.38. The number of para-hydroxylation sites is 1. The maximum absolute atomic E-state index is 12.5. The summed E-state index contributed by atoms with van der Waals surface area (Å²) in [6, 6.07) is 22.3. The van der Waals surface area contributed by atoms with Crippen molar-refractivity contribution in [2.24, 2.45) is 0 Å². The van der Waals surface area contributed by atoms with Crippen LogP contribution in [0.3, 0.4) is 0 Å². The minimum absolute atomic E-state index is 0.108. The third-order valence-corrected chi connectivity index (χ3v) is 4.24. The quantitative estimate of drug-likeness (QED) is 0.450. The maximum atomic E-state index is 12.5. The molecule has 0 saturated heterocycles. The van der Waals surface area contributed by atoms with Crippen molar-refractivity contribution in [2.45, 2.75) is 20.0 Å². The second-order valence-electron chi connectivity index (χ2n) is 6.62. The van der Waals surface area contributed by atoms with E-state index in [9.17, 15) is 14.4 Å². The van der Waals surface area contributed by atoms with Crippen molar-refractivity contribution in [1.82, 2.24) is 0 Å². The number of esters is 1. The highest BCUT2D eigenvalue weighted by Crippen LogP contribution is 2.22. The Labute approximate surface area is 174 Å². The number of ketones is 1. The van der Waals surface area contributed by atoms with Gasteiger partial charge in [0.25, 0.3) is 5.91 Å². The lowest BCUT2D eigenvalue weighted by atomic mass is 10.1. The first kappa shape index (κ1) is 20.8. The van der Waals surface area contributed by atoms with E-state index in [1.54, 1.807) is 60.7 Å². The van der Waals surface area contributed by atoms with E-state index >= 15 is 0 Å². The molecular weight excluding hydrogens is 382 g/mol. The van der Waals surface area contributed by atoms with Gasteiger partial charge >= 0.3 is 5.97 Å². The highest BCUT2D eigenvalue weighted by Gasteiger charge is 2.19. The highest BCUT2D eigenvalue weighted by atomic mass is 16.5. The van der Waals surface area contributed by atoms with Gasteiger partial charge in [0.15, 0.2) is 11.9 Å². The minimum atomic E-state index is -1.03. The molecule has 6 heteroatoms. The summed E-state index contributed by atoms with van der Waals surface area (Å²) >= 11 is 0. The van der Waals surface area contributed by atoms with Gasteiger partial charge in [-0.05, 0) is 56.3 Å². The van der Waals surface area contributed by atoms with Crippen molar-refractivity contribution in [3.8, 4) is 11.5 Å². The lowest BCUT2D eigenvalue weighted by Crippen LogP contribution is -2.30. The Bertz CT molecular complexity index is 1060. The predicted molar refractivity (Wildman–Crippen MR) is 113 cm³/mol. The number of carbonyl (C=O) groups excluding carboxylic acids is 3. The first-order valence-corrected chi connectivity index (χ1v) is 9.38. The molecule has 30 heavy (non-hydrogen) atoms. The third-order valence-electron chi connectivity index (χ3n) is 4.24. The van der Waals surface area contributed by atoms with E-state index in [1.807, 2.05) is 18.2 Å². The van der Waals surface area contributed by atoms with E-state index in [1.165, 1.54) is 13.8 Å². The van der Waals surface area contributed by atoms with E-state index in [-0.39, 0.29) is 11.3 Å². The number of rotatable bonds is 7. The first-order chi connectivity index (χ1) is 14.4. The largest absolute Gasteiger partial charge is 0.457 e. The molecule has 3 rings (SSSR count). The molecule has 0 fully saturated rings.